The van der Waals surface area contributed by atoms with Crippen LogP contribution in [0.2, 0.25) is 0 Å². The van der Waals surface area contributed by atoms with Gasteiger partial charge < -0.3 is 5.73 Å². The molecular weight excluding hydrogens is 236 g/mol. The first kappa shape index (κ1) is 11.8. The molecule has 0 radical (unpaired) electrons. The molecule has 16 heavy (non-hydrogen) atoms. The third kappa shape index (κ3) is 2.34. The van der Waals surface area contributed by atoms with E-state index in [0.717, 1.165) is 10.7 Å². The van der Waals surface area contributed by atoms with Crippen LogP contribution in [0.4, 0.5) is 0 Å². The van der Waals surface area contributed by atoms with Crippen molar-refractivity contribution in [3.63, 3.8) is 0 Å². The van der Waals surface area contributed by atoms with Crippen molar-refractivity contribution in [2.24, 2.45) is 5.73 Å². The lowest BCUT2D eigenvalue weighted by molar-refractivity contribution is 0.801. The van der Waals surface area contributed by atoms with E-state index in [1.165, 1.54) is 9.75 Å². The van der Waals surface area contributed by atoms with E-state index in [4.69, 9.17) is 5.73 Å². The van der Waals surface area contributed by atoms with Gasteiger partial charge in [-0.3, -0.25) is 0 Å². The highest BCUT2D eigenvalue weighted by Crippen LogP contribution is 2.29. The fourth-order valence-corrected chi connectivity index (χ4v) is 3.41. The average Bonchev–Trinajstić information content (AvgIpc) is 2.84. The number of hydrogen-bond donors (Lipinski definition) is 1. The molecular formula is C12H16N2S2. The number of thiazole rings is 1. The van der Waals surface area contributed by atoms with Crippen LogP contribution < -0.4 is 5.73 Å². The van der Waals surface area contributed by atoms with E-state index in [1.807, 2.05) is 0 Å². The van der Waals surface area contributed by atoms with Crippen molar-refractivity contribution in [3.8, 4) is 0 Å². The maximum absolute atomic E-state index is 6.20. The minimum absolute atomic E-state index is 0.0591. The largest absolute Gasteiger partial charge is 0.318 e. The summed E-state index contributed by atoms with van der Waals surface area (Å²) in [6.45, 7) is 6.40. The van der Waals surface area contributed by atoms with Crippen molar-refractivity contribution in [2.75, 3.05) is 0 Å². The van der Waals surface area contributed by atoms with Gasteiger partial charge >= 0.3 is 0 Å². The van der Waals surface area contributed by atoms with Crippen molar-refractivity contribution in [3.05, 3.63) is 38.0 Å². The van der Waals surface area contributed by atoms with Gasteiger partial charge in [0.25, 0.3) is 0 Å². The monoisotopic (exact) mass is 252 g/mol. The van der Waals surface area contributed by atoms with Gasteiger partial charge in [0.2, 0.25) is 0 Å². The first-order valence-electron chi connectivity index (χ1n) is 5.35. The van der Waals surface area contributed by atoms with Crippen LogP contribution >= 0.6 is 22.7 Å². The zero-order chi connectivity index (χ0) is 11.7. The van der Waals surface area contributed by atoms with E-state index in [1.54, 1.807) is 22.7 Å². The summed E-state index contributed by atoms with van der Waals surface area (Å²) in [4.78, 5) is 7.09. The van der Waals surface area contributed by atoms with Gasteiger partial charge in [0.05, 0.1) is 11.7 Å². The minimum Gasteiger partial charge on any atom is -0.318 e. The predicted octanol–water partition coefficient (Wildman–Crippen LogP) is 3.68. The topological polar surface area (TPSA) is 38.9 Å². The molecule has 0 aliphatic carbocycles. The summed E-state index contributed by atoms with van der Waals surface area (Å²) >= 11 is 3.41. The van der Waals surface area contributed by atoms with Gasteiger partial charge in [-0.2, -0.15) is 0 Å². The van der Waals surface area contributed by atoms with Gasteiger partial charge in [0, 0.05) is 15.1 Å². The lowest BCUT2D eigenvalue weighted by atomic mass is 10.2. The summed E-state index contributed by atoms with van der Waals surface area (Å²) in [6, 6.07) is 4.15. The van der Waals surface area contributed by atoms with Gasteiger partial charge in [-0.25, -0.2) is 4.98 Å². The van der Waals surface area contributed by atoms with Gasteiger partial charge in [0.1, 0.15) is 5.01 Å². The van der Waals surface area contributed by atoms with Crippen LogP contribution in [0, 0.1) is 6.92 Å². The van der Waals surface area contributed by atoms with Crippen LogP contribution in [0.25, 0.3) is 0 Å². The maximum Gasteiger partial charge on any atom is 0.115 e. The molecule has 2 nitrogen and oxygen atoms in total. The van der Waals surface area contributed by atoms with E-state index in [2.05, 4.69) is 43.3 Å². The highest BCUT2D eigenvalue weighted by molar-refractivity contribution is 7.12. The van der Waals surface area contributed by atoms with E-state index in [0.29, 0.717) is 5.92 Å². The molecule has 0 fully saturated rings. The summed E-state index contributed by atoms with van der Waals surface area (Å²) in [5.74, 6) is 0.474. The molecule has 0 aliphatic heterocycles. The molecule has 0 spiro atoms. The molecule has 4 heteroatoms. The van der Waals surface area contributed by atoms with Gasteiger partial charge in [-0.05, 0) is 25.0 Å². The molecule has 2 N–H and O–H groups in total. The Hall–Kier alpha value is -0.710. The molecule has 0 aliphatic rings. The van der Waals surface area contributed by atoms with Crippen LogP contribution in [0.15, 0.2) is 17.5 Å². The Balaban J connectivity index is 2.23. The maximum atomic E-state index is 6.20. The van der Waals surface area contributed by atoms with Crippen LogP contribution in [0.3, 0.4) is 0 Å². The number of rotatable bonds is 3. The van der Waals surface area contributed by atoms with Crippen molar-refractivity contribution in [1.29, 1.82) is 0 Å². The normalized spacial score (nSPS) is 13.3. The Morgan fingerprint density at radius 2 is 2.06 bits per heavy atom. The summed E-state index contributed by atoms with van der Waals surface area (Å²) in [7, 11) is 0. The second-order valence-electron chi connectivity index (χ2n) is 4.19. The molecule has 1 unspecified atom stereocenters. The molecule has 2 rings (SSSR count). The zero-order valence-electron chi connectivity index (χ0n) is 9.73. The second-order valence-corrected chi connectivity index (χ2v) is 6.40. The first-order chi connectivity index (χ1) is 7.58. The number of thiophene rings is 1. The van der Waals surface area contributed by atoms with Crippen molar-refractivity contribution in [1.82, 2.24) is 4.98 Å². The summed E-state index contributed by atoms with van der Waals surface area (Å²) in [5, 5.41) is 3.13. The van der Waals surface area contributed by atoms with Gasteiger partial charge in [0.15, 0.2) is 0 Å². The molecule has 0 aromatic carbocycles. The second kappa shape index (κ2) is 4.65. The summed E-state index contributed by atoms with van der Waals surface area (Å²) in [5.41, 5.74) is 7.34. The molecule has 1 atom stereocenters. The van der Waals surface area contributed by atoms with Crippen LogP contribution in [-0.2, 0) is 0 Å². The molecule has 0 amide bonds. The number of nitrogens with zero attached hydrogens (tertiary/aromatic N) is 1. The van der Waals surface area contributed by atoms with Crippen LogP contribution in [-0.4, -0.2) is 4.98 Å². The average molecular weight is 252 g/mol. The summed E-state index contributed by atoms with van der Waals surface area (Å²) in [6.07, 6.45) is 0. The lowest BCUT2D eigenvalue weighted by Crippen LogP contribution is -2.10. The van der Waals surface area contributed by atoms with Gasteiger partial charge in [-0.15, -0.1) is 22.7 Å². The Bertz CT molecular complexity index is 471. The quantitative estimate of drug-likeness (QED) is 0.905. The van der Waals surface area contributed by atoms with Gasteiger partial charge in [-0.1, -0.05) is 13.8 Å². The summed E-state index contributed by atoms with van der Waals surface area (Å²) < 4.78 is 0. The van der Waals surface area contributed by atoms with E-state index in [9.17, 15) is 0 Å². The molecule has 0 saturated heterocycles. The Morgan fingerprint density at radius 3 is 2.56 bits per heavy atom. The highest BCUT2D eigenvalue weighted by atomic mass is 32.1. The molecule has 2 heterocycles. The number of nitrogens with two attached hydrogens (primary N) is 1. The number of aryl methyl sites for hydroxylation is 1. The Labute approximate surface area is 104 Å². The van der Waals surface area contributed by atoms with Crippen LogP contribution in [0.5, 0.6) is 0 Å². The fourth-order valence-electron chi connectivity index (χ4n) is 1.45. The zero-order valence-corrected chi connectivity index (χ0v) is 11.4. The smallest absolute Gasteiger partial charge is 0.115 e. The number of aromatic nitrogens is 1. The molecule has 0 bridgehead atoms. The fraction of sp³-hybridized carbons (Fsp3) is 0.417. The Kier molecular flexibility index (Phi) is 3.42. The van der Waals surface area contributed by atoms with Crippen molar-refractivity contribution >= 4 is 22.7 Å². The minimum atomic E-state index is -0.0591. The van der Waals surface area contributed by atoms with E-state index >= 15 is 0 Å². The van der Waals surface area contributed by atoms with Crippen molar-refractivity contribution in [2.45, 2.75) is 32.7 Å². The Morgan fingerprint density at radius 1 is 1.31 bits per heavy atom. The third-order valence-corrected chi connectivity index (χ3v) is 4.49. The predicted molar refractivity (Wildman–Crippen MR) is 71.3 cm³/mol. The third-order valence-electron chi connectivity index (χ3n) is 2.46. The highest BCUT2D eigenvalue weighted by Gasteiger charge is 2.15. The first-order valence-corrected chi connectivity index (χ1v) is 7.04. The van der Waals surface area contributed by atoms with Crippen LogP contribution in [0.1, 0.15) is 46.3 Å². The molecule has 2 aromatic heterocycles. The lowest BCUT2D eigenvalue weighted by Gasteiger charge is -2.05. The molecule has 86 valence electrons. The molecule has 2 aromatic rings. The molecule has 0 saturated carbocycles. The van der Waals surface area contributed by atoms with Crippen molar-refractivity contribution < 1.29 is 0 Å². The van der Waals surface area contributed by atoms with E-state index in [-0.39, 0.29) is 6.04 Å². The SMILES string of the molecule is Cc1ccc(C(N)c2nc(C(C)C)cs2)s1. The standard InChI is InChI=1S/C12H16N2S2/c1-7(2)9-6-15-12(14-9)11(13)10-5-4-8(3)16-10/h4-7,11H,13H2,1-3H3. The van der Waals surface area contributed by atoms with E-state index < -0.39 is 0 Å². The number of hydrogen-bond acceptors (Lipinski definition) is 4.